The lowest BCUT2D eigenvalue weighted by Crippen LogP contribution is -2.30. The molecular formula is C17H18N2O3. The van der Waals surface area contributed by atoms with Crippen molar-refractivity contribution in [2.24, 2.45) is 0 Å². The van der Waals surface area contributed by atoms with E-state index in [0.717, 1.165) is 17.1 Å². The van der Waals surface area contributed by atoms with E-state index in [1.165, 1.54) is 0 Å². The Hall–Kier alpha value is -2.56. The van der Waals surface area contributed by atoms with Gasteiger partial charge in [-0.2, -0.15) is 0 Å². The maximum absolute atomic E-state index is 12.0. The van der Waals surface area contributed by atoms with Crippen LogP contribution in [0.3, 0.4) is 0 Å². The molecule has 114 valence electrons. The van der Waals surface area contributed by atoms with Gasteiger partial charge in [0.2, 0.25) is 5.91 Å². The number of fused-ring (bicyclic) bond motifs is 1. The highest BCUT2D eigenvalue weighted by Crippen LogP contribution is 2.31. The number of carbonyl (C=O) groups is 1. The number of hydrogen-bond acceptors (Lipinski definition) is 4. The molecule has 1 aliphatic heterocycles. The molecule has 5 nitrogen and oxygen atoms in total. The second-order valence-corrected chi connectivity index (χ2v) is 5.25. The van der Waals surface area contributed by atoms with Crippen molar-refractivity contribution in [3.05, 3.63) is 48.2 Å². The summed E-state index contributed by atoms with van der Waals surface area (Å²) in [5.74, 6) is 2.04. The van der Waals surface area contributed by atoms with Crippen molar-refractivity contribution >= 4 is 11.7 Å². The molecule has 0 spiro atoms. The van der Waals surface area contributed by atoms with Gasteiger partial charge in [0.25, 0.3) is 0 Å². The number of anilines is 1. The summed E-state index contributed by atoms with van der Waals surface area (Å²) in [4.78, 5) is 16.2. The second kappa shape index (κ2) is 6.47. The molecule has 22 heavy (non-hydrogen) atoms. The quantitative estimate of drug-likeness (QED) is 0.942. The van der Waals surface area contributed by atoms with Gasteiger partial charge in [0.15, 0.2) is 11.5 Å². The molecule has 1 N–H and O–H groups in total. The van der Waals surface area contributed by atoms with Crippen LogP contribution in [0.25, 0.3) is 0 Å². The number of carbonyl (C=O) groups excluding carboxylic acids is 1. The van der Waals surface area contributed by atoms with E-state index < -0.39 is 0 Å². The van der Waals surface area contributed by atoms with Crippen molar-refractivity contribution in [2.75, 3.05) is 11.9 Å². The Kier molecular flexibility index (Phi) is 4.23. The van der Waals surface area contributed by atoms with Crippen LogP contribution in [0.2, 0.25) is 0 Å². The molecule has 2 heterocycles. The Labute approximate surface area is 129 Å². The first-order chi connectivity index (χ1) is 10.7. The summed E-state index contributed by atoms with van der Waals surface area (Å²) in [6.45, 7) is 2.38. The van der Waals surface area contributed by atoms with Gasteiger partial charge in [0.1, 0.15) is 18.5 Å². The van der Waals surface area contributed by atoms with E-state index in [1.807, 2.05) is 43.3 Å². The number of aryl methyl sites for hydroxylation is 1. The van der Waals surface area contributed by atoms with Crippen molar-refractivity contribution < 1.29 is 14.3 Å². The third-order valence-electron chi connectivity index (χ3n) is 3.53. The number of pyridine rings is 1. The van der Waals surface area contributed by atoms with Crippen LogP contribution < -0.4 is 14.8 Å². The third-order valence-corrected chi connectivity index (χ3v) is 3.53. The zero-order valence-electron chi connectivity index (χ0n) is 12.4. The zero-order chi connectivity index (χ0) is 15.4. The minimum absolute atomic E-state index is 0.0655. The normalized spacial score (nSPS) is 16.1. The highest BCUT2D eigenvalue weighted by Gasteiger charge is 2.21. The number of ether oxygens (including phenoxy) is 2. The van der Waals surface area contributed by atoms with Crippen molar-refractivity contribution in [1.29, 1.82) is 0 Å². The number of nitrogens with one attached hydrogen (secondary N) is 1. The Morgan fingerprint density at radius 1 is 1.27 bits per heavy atom. The molecule has 3 rings (SSSR count). The summed E-state index contributed by atoms with van der Waals surface area (Å²) in [5, 5.41) is 2.82. The monoisotopic (exact) mass is 298 g/mol. The summed E-state index contributed by atoms with van der Waals surface area (Å²) in [7, 11) is 0. The SMILES string of the molecule is Cc1cccnc1NC(=O)CC[C@@H]1COc2ccccc2O1. The van der Waals surface area contributed by atoms with Crippen molar-refractivity contribution in [2.45, 2.75) is 25.9 Å². The van der Waals surface area contributed by atoms with E-state index in [2.05, 4.69) is 10.3 Å². The van der Waals surface area contributed by atoms with Crippen molar-refractivity contribution in [3.63, 3.8) is 0 Å². The van der Waals surface area contributed by atoms with Gasteiger partial charge in [0.05, 0.1) is 0 Å². The maximum Gasteiger partial charge on any atom is 0.225 e. The highest BCUT2D eigenvalue weighted by atomic mass is 16.6. The highest BCUT2D eigenvalue weighted by molar-refractivity contribution is 5.90. The Morgan fingerprint density at radius 2 is 2.09 bits per heavy atom. The summed E-state index contributed by atoms with van der Waals surface area (Å²) in [6, 6.07) is 11.3. The number of benzene rings is 1. The van der Waals surface area contributed by atoms with Crippen LogP contribution in [0.4, 0.5) is 5.82 Å². The summed E-state index contributed by atoms with van der Waals surface area (Å²) < 4.78 is 11.5. The maximum atomic E-state index is 12.0. The van der Waals surface area contributed by atoms with Crippen molar-refractivity contribution in [1.82, 2.24) is 4.98 Å². The average Bonchev–Trinajstić information content (AvgIpc) is 2.55. The first-order valence-electron chi connectivity index (χ1n) is 7.32. The first-order valence-corrected chi connectivity index (χ1v) is 7.32. The molecule has 5 heteroatoms. The van der Waals surface area contributed by atoms with Gasteiger partial charge in [-0.1, -0.05) is 18.2 Å². The topological polar surface area (TPSA) is 60.5 Å². The summed E-state index contributed by atoms with van der Waals surface area (Å²) in [5.41, 5.74) is 0.946. The minimum Gasteiger partial charge on any atom is -0.486 e. The van der Waals surface area contributed by atoms with Gasteiger partial charge in [-0.25, -0.2) is 4.98 Å². The molecule has 0 radical (unpaired) electrons. The molecule has 0 saturated carbocycles. The molecule has 0 bridgehead atoms. The lowest BCUT2D eigenvalue weighted by Gasteiger charge is -2.26. The lowest BCUT2D eigenvalue weighted by atomic mass is 10.1. The molecule has 1 aliphatic rings. The van der Waals surface area contributed by atoms with E-state index in [4.69, 9.17) is 9.47 Å². The standard InChI is InChI=1S/C17H18N2O3/c1-12-5-4-10-18-17(12)19-16(20)9-8-13-11-21-14-6-2-3-7-15(14)22-13/h2-7,10,13H,8-9,11H2,1H3,(H,18,19,20)/t13-/m1/s1. The molecule has 1 atom stereocenters. The number of rotatable bonds is 4. The molecule has 1 aromatic carbocycles. The third kappa shape index (κ3) is 3.36. The van der Waals surface area contributed by atoms with Gasteiger partial charge in [-0.15, -0.1) is 0 Å². The van der Waals surface area contributed by atoms with Crippen molar-refractivity contribution in [3.8, 4) is 11.5 Å². The fourth-order valence-electron chi connectivity index (χ4n) is 2.31. The van der Waals surface area contributed by atoms with Crippen LogP contribution in [-0.4, -0.2) is 23.6 Å². The first kappa shape index (κ1) is 14.4. The molecule has 0 unspecified atom stereocenters. The predicted octanol–water partition coefficient (Wildman–Crippen LogP) is 2.95. The Morgan fingerprint density at radius 3 is 2.91 bits per heavy atom. The van der Waals surface area contributed by atoms with Crippen LogP contribution in [0.1, 0.15) is 18.4 Å². The Balaban J connectivity index is 1.51. The van der Waals surface area contributed by atoms with Crippen LogP contribution in [0, 0.1) is 6.92 Å². The molecule has 0 aliphatic carbocycles. The lowest BCUT2D eigenvalue weighted by molar-refractivity contribution is -0.116. The van der Waals surface area contributed by atoms with E-state index in [0.29, 0.717) is 25.3 Å². The van der Waals surface area contributed by atoms with E-state index in [-0.39, 0.29) is 12.0 Å². The Bertz CT molecular complexity index is 672. The van der Waals surface area contributed by atoms with Crippen LogP contribution in [-0.2, 0) is 4.79 Å². The second-order valence-electron chi connectivity index (χ2n) is 5.25. The van der Waals surface area contributed by atoms with Crippen LogP contribution >= 0.6 is 0 Å². The van der Waals surface area contributed by atoms with Gasteiger partial charge < -0.3 is 14.8 Å². The van der Waals surface area contributed by atoms with E-state index in [1.54, 1.807) is 6.20 Å². The van der Waals surface area contributed by atoms with E-state index >= 15 is 0 Å². The summed E-state index contributed by atoms with van der Waals surface area (Å²) >= 11 is 0. The molecule has 2 aromatic rings. The zero-order valence-corrected chi connectivity index (χ0v) is 12.4. The number of amides is 1. The average molecular weight is 298 g/mol. The molecule has 0 fully saturated rings. The smallest absolute Gasteiger partial charge is 0.225 e. The molecule has 1 aromatic heterocycles. The van der Waals surface area contributed by atoms with E-state index in [9.17, 15) is 4.79 Å². The molecule has 0 saturated heterocycles. The van der Waals surface area contributed by atoms with Gasteiger partial charge in [-0.3, -0.25) is 4.79 Å². The van der Waals surface area contributed by atoms with Gasteiger partial charge in [-0.05, 0) is 37.1 Å². The fourth-order valence-corrected chi connectivity index (χ4v) is 2.31. The number of para-hydroxylation sites is 2. The van der Waals surface area contributed by atoms with Crippen LogP contribution in [0.15, 0.2) is 42.6 Å². The largest absolute Gasteiger partial charge is 0.486 e. The number of nitrogens with zero attached hydrogens (tertiary/aromatic N) is 1. The number of aromatic nitrogens is 1. The molecular weight excluding hydrogens is 280 g/mol. The minimum atomic E-state index is -0.106. The fraction of sp³-hybridized carbons (Fsp3) is 0.294. The molecule has 1 amide bonds. The van der Waals surface area contributed by atoms with Gasteiger partial charge in [0, 0.05) is 12.6 Å². The summed E-state index contributed by atoms with van der Waals surface area (Å²) in [6.07, 6.45) is 2.53. The number of hydrogen-bond donors (Lipinski definition) is 1. The predicted molar refractivity (Wildman–Crippen MR) is 83.2 cm³/mol. The van der Waals surface area contributed by atoms with Gasteiger partial charge >= 0.3 is 0 Å². The van der Waals surface area contributed by atoms with Crippen LogP contribution in [0.5, 0.6) is 11.5 Å².